The van der Waals surface area contributed by atoms with E-state index in [1.165, 1.54) is 14.0 Å². The van der Waals surface area contributed by atoms with Crippen LogP contribution in [-0.2, 0) is 23.9 Å². The van der Waals surface area contributed by atoms with Crippen LogP contribution in [0.3, 0.4) is 0 Å². The number of ether oxygens (including phenoxy) is 7. The Bertz CT molecular complexity index is 2620. The van der Waals surface area contributed by atoms with Gasteiger partial charge in [0.15, 0.2) is 23.0 Å². The van der Waals surface area contributed by atoms with Crippen LogP contribution in [0.2, 0.25) is 0 Å². The van der Waals surface area contributed by atoms with Crippen molar-refractivity contribution in [3.8, 4) is 46.0 Å². The number of aromatic nitrogens is 2. The van der Waals surface area contributed by atoms with Gasteiger partial charge in [0, 0.05) is 46.7 Å². The molecule has 0 atom stereocenters. The van der Waals surface area contributed by atoms with Crippen LogP contribution < -0.4 is 39.1 Å². The quantitative estimate of drug-likeness (QED) is 0.0791. The molecular formula is C46H44N4O11. The molecule has 15 heteroatoms. The molecule has 0 spiro atoms. The number of hydrogen-bond acceptors (Lipinski definition) is 13. The molecule has 0 saturated heterocycles. The van der Waals surface area contributed by atoms with E-state index in [0.29, 0.717) is 94.1 Å². The molecule has 2 aromatic heterocycles. The summed E-state index contributed by atoms with van der Waals surface area (Å²) in [5.41, 5.74) is 0.708. The molecule has 0 unspecified atom stereocenters. The number of amides is 2. The van der Waals surface area contributed by atoms with Crippen molar-refractivity contribution in [1.29, 1.82) is 0 Å². The maximum atomic E-state index is 12.5. The third kappa shape index (κ3) is 8.67. The van der Waals surface area contributed by atoms with Crippen LogP contribution in [0.4, 0.5) is 11.4 Å². The molecule has 2 N–H and O–H groups in total. The van der Waals surface area contributed by atoms with Crippen molar-refractivity contribution < 1.29 is 52.3 Å². The maximum Gasteiger partial charge on any atom is 0.321 e. The van der Waals surface area contributed by atoms with Gasteiger partial charge in [0.25, 0.3) is 0 Å². The van der Waals surface area contributed by atoms with Crippen molar-refractivity contribution in [2.45, 2.75) is 32.6 Å². The molecule has 0 radical (unpaired) electrons. The lowest BCUT2D eigenvalue weighted by molar-refractivity contribution is -0.150. The van der Waals surface area contributed by atoms with E-state index in [2.05, 4.69) is 20.6 Å². The summed E-state index contributed by atoms with van der Waals surface area (Å²) >= 11 is 0. The van der Waals surface area contributed by atoms with E-state index in [-0.39, 0.29) is 17.6 Å². The standard InChI is InChI=1S/C23H22N2O6.C23H22N2O5/c1-28-19-12-16-17(13-20(19)29-2)24-11-8-18(16)31-15-6-4-14(5-7-15)25-21(26)23(9-10-23)22(27)30-3;1-14(26)23(9-10-23)22(27)25-15-4-6-16(7-5-15)30-19-8-11-24-18-13-21(29-3)20(28-2)12-17(18)19/h4-8,11-13H,9-10H2,1-3H3,(H,25,26);4-8,11-13H,9-10H2,1-3H3,(H,25,27). The Balaban J connectivity index is 0.000000184. The number of hydrogen-bond donors (Lipinski definition) is 2. The van der Waals surface area contributed by atoms with Gasteiger partial charge in [-0.3, -0.25) is 29.1 Å². The van der Waals surface area contributed by atoms with Gasteiger partial charge in [0.05, 0.1) is 46.6 Å². The van der Waals surface area contributed by atoms with Crippen molar-refractivity contribution in [3.05, 3.63) is 97.3 Å². The van der Waals surface area contributed by atoms with Gasteiger partial charge >= 0.3 is 5.97 Å². The van der Waals surface area contributed by atoms with Gasteiger partial charge < -0.3 is 43.8 Å². The van der Waals surface area contributed by atoms with E-state index in [1.807, 2.05) is 12.1 Å². The van der Waals surface area contributed by atoms with E-state index in [9.17, 15) is 19.2 Å². The zero-order valence-electron chi connectivity index (χ0n) is 34.5. The number of ketones is 1. The van der Waals surface area contributed by atoms with E-state index < -0.39 is 16.8 Å². The van der Waals surface area contributed by atoms with E-state index in [0.717, 1.165) is 10.8 Å². The fourth-order valence-electron chi connectivity index (χ4n) is 6.75. The predicted octanol–water partition coefficient (Wildman–Crippen LogP) is 8.29. The molecule has 314 valence electrons. The number of Topliss-reactive ketones (excluding diaryl/α,β-unsaturated/α-hetero) is 1. The number of benzene rings is 4. The highest BCUT2D eigenvalue weighted by atomic mass is 16.5. The first-order chi connectivity index (χ1) is 29.5. The number of carbonyl (C=O) groups excluding carboxylic acids is 4. The summed E-state index contributed by atoms with van der Waals surface area (Å²) in [6, 6.07) is 24.7. The summed E-state index contributed by atoms with van der Waals surface area (Å²) in [6.45, 7) is 1.47. The lowest BCUT2D eigenvalue weighted by Gasteiger charge is -2.14. The summed E-state index contributed by atoms with van der Waals surface area (Å²) < 4.78 is 38.2. The van der Waals surface area contributed by atoms with Crippen molar-refractivity contribution >= 4 is 56.7 Å². The van der Waals surface area contributed by atoms with Gasteiger partial charge in [-0.25, -0.2) is 0 Å². The minimum atomic E-state index is -1.06. The second kappa shape index (κ2) is 17.4. The second-order valence-corrected chi connectivity index (χ2v) is 14.4. The summed E-state index contributed by atoms with van der Waals surface area (Å²) in [7, 11) is 7.58. The fraction of sp³-hybridized carbons (Fsp3) is 0.261. The highest BCUT2D eigenvalue weighted by Gasteiger charge is 2.58. The maximum absolute atomic E-state index is 12.5. The number of carbonyl (C=O) groups is 4. The smallest absolute Gasteiger partial charge is 0.321 e. The van der Waals surface area contributed by atoms with Crippen LogP contribution in [0.15, 0.2) is 97.3 Å². The second-order valence-electron chi connectivity index (χ2n) is 14.4. The monoisotopic (exact) mass is 828 g/mol. The largest absolute Gasteiger partial charge is 0.493 e. The zero-order chi connectivity index (χ0) is 43.3. The number of nitrogens with zero attached hydrogens (tertiary/aromatic N) is 2. The molecule has 0 aliphatic heterocycles. The van der Waals surface area contributed by atoms with E-state index in [4.69, 9.17) is 33.2 Å². The SMILES string of the molecule is COC(=O)C1(C(=O)Nc2ccc(Oc3ccnc4cc(OC)c(OC)cc34)cc2)CC1.COc1cc2nccc(Oc3ccc(NC(=O)C4(C(C)=O)CC4)cc3)c2cc1OC. The van der Waals surface area contributed by atoms with Crippen molar-refractivity contribution in [2.75, 3.05) is 46.2 Å². The molecule has 2 heterocycles. The zero-order valence-corrected chi connectivity index (χ0v) is 34.5. The Hall–Kier alpha value is -7.42. The lowest BCUT2D eigenvalue weighted by Crippen LogP contribution is -2.32. The molecule has 2 amide bonds. The van der Waals surface area contributed by atoms with Crippen LogP contribution >= 0.6 is 0 Å². The molecule has 6 aromatic rings. The third-order valence-corrected chi connectivity index (χ3v) is 10.7. The number of pyridine rings is 2. The molecule has 2 aliphatic rings. The van der Waals surface area contributed by atoms with Gasteiger partial charge in [-0.05, 0) is 105 Å². The fourth-order valence-corrected chi connectivity index (χ4v) is 6.75. The van der Waals surface area contributed by atoms with Gasteiger partial charge in [0.1, 0.15) is 39.6 Å². The Morgan fingerprint density at radius 3 is 1.23 bits per heavy atom. The first-order valence-electron chi connectivity index (χ1n) is 19.3. The molecule has 4 aromatic carbocycles. The van der Waals surface area contributed by atoms with Crippen LogP contribution in [-0.4, -0.2) is 69.1 Å². The van der Waals surface area contributed by atoms with Crippen molar-refractivity contribution in [1.82, 2.24) is 9.97 Å². The van der Waals surface area contributed by atoms with Gasteiger partial charge in [-0.1, -0.05) is 0 Å². The first-order valence-corrected chi connectivity index (χ1v) is 19.3. The van der Waals surface area contributed by atoms with Crippen LogP contribution in [0.1, 0.15) is 32.6 Å². The average molecular weight is 829 g/mol. The van der Waals surface area contributed by atoms with Crippen molar-refractivity contribution in [2.24, 2.45) is 10.8 Å². The Kier molecular flexibility index (Phi) is 11.9. The lowest BCUT2D eigenvalue weighted by atomic mass is 10.0. The molecular weight excluding hydrogens is 785 g/mol. The number of fused-ring (bicyclic) bond motifs is 2. The molecule has 2 aliphatic carbocycles. The van der Waals surface area contributed by atoms with Crippen LogP contribution in [0, 0.1) is 10.8 Å². The minimum absolute atomic E-state index is 0.0865. The number of methoxy groups -OCH3 is 5. The topological polar surface area (TPSA) is 183 Å². The van der Waals surface area contributed by atoms with Gasteiger partial charge in [-0.2, -0.15) is 0 Å². The Labute approximate surface area is 351 Å². The number of rotatable bonds is 14. The number of nitrogens with one attached hydrogen (secondary N) is 2. The average Bonchev–Trinajstić information content (AvgIpc) is 4.23. The molecule has 15 nitrogen and oxygen atoms in total. The van der Waals surface area contributed by atoms with E-state index >= 15 is 0 Å². The normalized spacial score (nSPS) is 14.0. The Morgan fingerprint density at radius 1 is 0.508 bits per heavy atom. The van der Waals surface area contributed by atoms with Gasteiger partial charge in [-0.15, -0.1) is 0 Å². The van der Waals surface area contributed by atoms with Gasteiger partial charge in [0.2, 0.25) is 11.8 Å². The number of esters is 1. The summed E-state index contributed by atoms with van der Waals surface area (Å²) in [4.78, 5) is 57.1. The summed E-state index contributed by atoms with van der Waals surface area (Å²) in [5.74, 6) is 3.55. The highest BCUT2D eigenvalue weighted by Crippen LogP contribution is 2.48. The molecule has 2 saturated carbocycles. The van der Waals surface area contributed by atoms with Crippen LogP contribution in [0.25, 0.3) is 21.8 Å². The third-order valence-electron chi connectivity index (χ3n) is 10.7. The first kappa shape index (κ1) is 41.7. The summed E-state index contributed by atoms with van der Waals surface area (Å²) in [5, 5.41) is 7.14. The van der Waals surface area contributed by atoms with Crippen molar-refractivity contribution in [3.63, 3.8) is 0 Å². The molecule has 61 heavy (non-hydrogen) atoms. The molecule has 2 fully saturated rings. The highest BCUT2D eigenvalue weighted by molar-refractivity contribution is 6.13. The van der Waals surface area contributed by atoms with Crippen LogP contribution in [0.5, 0.6) is 46.0 Å². The van der Waals surface area contributed by atoms with E-state index in [1.54, 1.807) is 114 Å². The number of anilines is 2. The summed E-state index contributed by atoms with van der Waals surface area (Å²) in [6.07, 6.45) is 5.53. The predicted molar refractivity (Wildman–Crippen MR) is 226 cm³/mol. The molecule has 8 rings (SSSR count). The molecule has 0 bridgehead atoms. The minimum Gasteiger partial charge on any atom is -0.493 e. The Morgan fingerprint density at radius 2 is 0.885 bits per heavy atom.